The summed E-state index contributed by atoms with van der Waals surface area (Å²) in [5.41, 5.74) is 3.12. The third kappa shape index (κ3) is 8.92. The SMILES string of the molecule is CCNC(=O)[C@@H](Cc1ccccc1)N(Cc1ccc(F)cc1)C(=O)CCCN(c1ccc(C)cc1)S(C)(=O)=O. The van der Waals surface area contributed by atoms with E-state index in [2.05, 4.69) is 5.32 Å². The van der Waals surface area contributed by atoms with Crippen molar-refractivity contribution >= 4 is 27.5 Å². The van der Waals surface area contributed by atoms with E-state index in [4.69, 9.17) is 0 Å². The summed E-state index contributed by atoms with van der Waals surface area (Å²) in [4.78, 5) is 28.4. The third-order valence-corrected chi connectivity index (χ3v) is 7.56. The molecule has 0 aliphatic carbocycles. The van der Waals surface area contributed by atoms with Crippen LogP contribution in [0.25, 0.3) is 0 Å². The molecule has 0 bridgehead atoms. The lowest BCUT2D eigenvalue weighted by Gasteiger charge is -2.32. The van der Waals surface area contributed by atoms with Crippen LogP contribution in [0.4, 0.5) is 10.1 Å². The molecule has 0 aliphatic rings. The lowest BCUT2D eigenvalue weighted by atomic mass is 10.0. The normalized spacial score (nSPS) is 12.0. The van der Waals surface area contributed by atoms with Gasteiger partial charge in [0, 0.05) is 32.5 Å². The van der Waals surface area contributed by atoms with E-state index >= 15 is 0 Å². The van der Waals surface area contributed by atoms with Gasteiger partial charge in [-0.05, 0) is 55.7 Å². The lowest BCUT2D eigenvalue weighted by Crippen LogP contribution is -2.50. The Balaban J connectivity index is 1.85. The van der Waals surface area contributed by atoms with Crippen molar-refractivity contribution in [2.45, 2.75) is 45.7 Å². The van der Waals surface area contributed by atoms with E-state index in [1.54, 1.807) is 24.3 Å². The highest BCUT2D eigenvalue weighted by Gasteiger charge is 2.30. The van der Waals surface area contributed by atoms with E-state index in [1.165, 1.54) is 21.3 Å². The van der Waals surface area contributed by atoms with Crippen molar-refractivity contribution in [1.82, 2.24) is 10.2 Å². The Morgan fingerprint density at radius 2 is 1.56 bits per heavy atom. The predicted octanol–water partition coefficient (Wildman–Crippen LogP) is 4.46. The van der Waals surface area contributed by atoms with Crippen molar-refractivity contribution in [2.75, 3.05) is 23.7 Å². The predicted molar refractivity (Wildman–Crippen MR) is 152 cm³/mol. The zero-order valence-corrected chi connectivity index (χ0v) is 23.5. The Bertz CT molecular complexity index is 1330. The minimum absolute atomic E-state index is 0.0315. The van der Waals surface area contributed by atoms with Crippen molar-refractivity contribution in [3.63, 3.8) is 0 Å². The number of halogens is 1. The number of sulfonamides is 1. The first-order valence-corrected chi connectivity index (χ1v) is 14.8. The summed E-state index contributed by atoms with van der Waals surface area (Å²) < 4.78 is 39.9. The maximum absolute atomic E-state index is 13.7. The van der Waals surface area contributed by atoms with Crippen molar-refractivity contribution in [2.24, 2.45) is 0 Å². The molecule has 0 unspecified atom stereocenters. The van der Waals surface area contributed by atoms with Crippen molar-refractivity contribution < 1.29 is 22.4 Å². The molecule has 0 saturated carbocycles. The molecule has 2 amide bonds. The number of benzene rings is 3. The molecular formula is C30H36FN3O4S. The highest BCUT2D eigenvalue weighted by molar-refractivity contribution is 7.92. The minimum Gasteiger partial charge on any atom is -0.355 e. The van der Waals surface area contributed by atoms with Crippen LogP contribution in [0, 0.1) is 12.7 Å². The second-order valence-corrected chi connectivity index (χ2v) is 11.4. The first kappa shape index (κ1) is 29.8. The number of likely N-dealkylation sites (N-methyl/N-ethyl adjacent to an activating group) is 1. The van der Waals surface area contributed by atoms with Crippen LogP contribution in [-0.4, -0.2) is 50.5 Å². The van der Waals surface area contributed by atoms with E-state index in [1.807, 2.05) is 56.3 Å². The summed E-state index contributed by atoms with van der Waals surface area (Å²) in [5, 5.41) is 2.84. The largest absolute Gasteiger partial charge is 0.355 e. The number of hydrogen-bond donors (Lipinski definition) is 1. The van der Waals surface area contributed by atoms with E-state index in [-0.39, 0.29) is 37.7 Å². The minimum atomic E-state index is -3.57. The summed E-state index contributed by atoms with van der Waals surface area (Å²) in [7, 11) is -3.57. The maximum Gasteiger partial charge on any atom is 0.243 e. The van der Waals surface area contributed by atoms with Crippen molar-refractivity contribution in [3.8, 4) is 0 Å². The van der Waals surface area contributed by atoms with Crippen molar-refractivity contribution in [3.05, 3.63) is 101 Å². The highest BCUT2D eigenvalue weighted by Crippen LogP contribution is 2.21. The summed E-state index contributed by atoms with van der Waals surface area (Å²) in [6, 6.07) is 21.6. The second kappa shape index (κ2) is 13.9. The lowest BCUT2D eigenvalue weighted by molar-refractivity contribution is -0.141. The average molecular weight is 554 g/mol. The number of rotatable bonds is 13. The number of carbonyl (C=O) groups excluding carboxylic acids is 2. The van der Waals surface area contributed by atoms with Crippen molar-refractivity contribution in [1.29, 1.82) is 0 Å². The smallest absolute Gasteiger partial charge is 0.243 e. The molecule has 3 aromatic carbocycles. The van der Waals surface area contributed by atoms with Crippen LogP contribution in [0.5, 0.6) is 0 Å². The number of anilines is 1. The molecule has 0 radical (unpaired) electrons. The number of carbonyl (C=O) groups is 2. The Kier molecular flexibility index (Phi) is 10.6. The fraction of sp³-hybridized carbons (Fsp3) is 0.333. The van der Waals surface area contributed by atoms with Gasteiger partial charge in [-0.2, -0.15) is 0 Å². The summed E-state index contributed by atoms with van der Waals surface area (Å²) in [5.74, 6) is -0.962. The fourth-order valence-corrected chi connectivity index (χ4v) is 5.31. The molecule has 39 heavy (non-hydrogen) atoms. The maximum atomic E-state index is 13.7. The molecule has 1 atom stereocenters. The number of aryl methyl sites for hydroxylation is 1. The number of hydrogen-bond acceptors (Lipinski definition) is 4. The molecule has 0 fully saturated rings. The standard InChI is InChI=1S/C30H36FN3O4S/c1-4-32-30(36)28(21-24-9-6-5-7-10-24)33(22-25-14-16-26(31)17-15-25)29(35)11-8-20-34(39(3,37)38)27-18-12-23(2)13-19-27/h5-7,9-10,12-19,28H,4,8,11,20-22H2,1-3H3,(H,32,36)/t28-/m1/s1. The van der Waals surface area contributed by atoms with Gasteiger partial charge in [-0.1, -0.05) is 60.2 Å². The van der Waals surface area contributed by atoms with E-state index in [9.17, 15) is 22.4 Å². The quantitative estimate of drug-likeness (QED) is 0.339. The monoisotopic (exact) mass is 553 g/mol. The van der Waals surface area contributed by atoms with Crippen LogP contribution in [0.3, 0.4) is 0 Å². The fourth-order valence-electron chi connectivity index (χ4n) is 4.35. The molecule has 0 spiro atoms. The van der Waals surface area contributed by atoms with Crippen LogP contribution in [0.15, 0.2) is 78.9 Å². The molecule has 0 heterocycles. The van der Waals surface area contributed by atoms with Crippen LogP contribution in [0.2, 0.25) is 0 Å². The third-order valence-electron chi connectivity index (χ3n) is 6.36. The Labute approximate surface area is 230 Å². The van der Waals surface area contributed by atoms with Gasteiger partial charge in [0.05, 0.1) is 11.9 Å². The molecule has 3 rings (SSSR count). The van der Waals surface area contributed by atoms with Gasteiger partial charge in [-0.15, -0.1) is 0 Å². The summed E-state index contributed by atoms with van der Waals surface area (Å²) >= 11 is 0. The zero-order valence-electron chi connectivity index (χ0n) is 22.6. The first-order valence-electron chi connectivity index (χ1n) is 13.0. The van der Waals surface area contributed by atoms with Gasteiger partial charge in [0.2, 0.25) is 21.8 Å². The number of nitrogens with one attached hydrogen (secondary N) is 1. The molecule has 0 aromatic heterocycles. The van der Waals surface area contributed by atoms with Gasteiger partial charge in [-0.3, -0.25) is 13.9 Å². The number of nitrogens with zero attached hydrogens (tertiary/aromatic N) is 2. The molecule has 3 aromatic rings. The van der Waals surface area contributed by atoms with Gasteiger partial charge in [0.1, 0.15) is 11.9 Å². The van der Waals surface area contributed by atoms with Gasteiger partial charge >= 0.3 is 0 Å². The van der Waals surface area contributed by atoms with Gasteiger partial charge in [0.15, 0.2) is 0 Å². The van der Waals surface area contributed by atoms with E-state index in [0.29, 0.717) is 24.2 Å². The summed E-state index contributed by atoms with van der Waals surface area (Å²) in [6.07, 6.45) is 1.73. The molecule has 1 N–H and O–H groups in total. The molecule has 0 aliphatic heterocycles. The Morgan fingerprint density at radius 3 is 2.15 bits per heavy atom. The van der Waals surface area contributed by atoms with E-state index in [0.717, 1.165) is 17.4 Å². The van der Waals surface area contributed by atoms with Gasteiger partial charge in [-0.25, -0.2) is 12.8 Å². The van der Waals surface area contributed by atoms with Crippen LogP contribution in [-0.2, 0) is 32.6 Å². The topological polar surface area (TPSA) is 86.8 Å². The Hall–Kier alpha value is -3.72. The molecule has 7 nitrogen and oxygen atoms in total. The van der Waals surface area contributed by atoms with E-state index < -0.39 is 21.9 Å². The van der Waals surface area contributed by atoms with Crippen LogP contribution in [0.1, 0.15) is 36.5 Å². The zero-order chi connectivity index (χ0) is 28.4. The molecule has 208 valence electrons. The summed E-state index contributed by atoms with van der Waals surface area (Å²) in [6.45, 7) is 4.37. The Morgan fingerprint density at radius 1 is 0.923 bits per heavy atom. The van der Waals surface area contributed by atoms with Gasteiger partial charge in [0.25, 0.3) is 0 Å². The van der Waals surface area contributed by atoms with Crippen LogP contribution >= 0.6 is 0 Å². The molecular weight excluding hydrogens is 517 g/mol. The average Bonchev–Trinajstić information content (AvgIpc) is 2.90. The van der Waals surface area contributed by atoms with Gasteiger partial charge < -0.3 is 10.2 Å². The second-order valence-electron chi connectivity index (χ2n) is 9.52. The molecule has 0 saturated heterocycles. The van der Waals surface area contributed by atoms with Crippen LogP contribution < -0.4 is 9.62 Å². The first-order chi connectivity index (χ1) is 18.6. The molecule has 9 heteroatoms. The highest BCUT2D eigenvalue weighted by atomic mass is 32.2. The number of amides is 2.